The molecular weight excluding hydrogens is 216 g/mol. The maximum Gasteiger partial charge on any atom is 0.129 e. The lowest BCUT2D eigenvalue weighted by Crippen LogP contribution is -2.47. The lowest BCUT2D eigenvalue weighted by molar-refractivity contribution is -0.117. The molecule has 2 heterocycles. The molecule has 0 spiro atoms. The molecule has 1 aromatic carbocycles. The van der Waals surface area contributed by atoms with Crippen molar-refractivity contribution in [3.63, 3.8) is 0 Å². The summed E-state index contributed by atoms with van der Waals surface area (Å²) >= 11 is 0. The zero-order chi connectivity index (χ0) is 12.0. The highest BCUT2D eigenvalue weighted by Gasteiger charge is 2.46. The first-order valence-corrected chi connectivity index (χ1v) is 6.22. The van der Waals surface area contributed by atoms with Gasteiger partial charge in [-0.1, -0.05) is 6.07 Å². The van der Waals surface area contributed by atoms with Crippen molar-refractivity contribution in [2.75, 3.05) is 6.61 Å². The van der Waals surface area contributed by atoms with Gasteiger partial charge in [0.2, 0.25) is 0 Å². The Kier molecular flexibility index (Phi) is 2.33. The van der Waals surface area contributed by atoms with E-state index in [9.17, 15) is 5.11 Å². The molecule has 0 unspecified atom stereocenters. The molecule has 2 atom stereocenters. The largest absolute Gasteiger partial charge is 0.507 e. The van der Waals surface area contributed by atoms with Gasteiger partial charge in [-0.05, 0) is 38.8 Å². The fourth-order valence-electron chi connectivity index (χ4n) is 3.04. The highest BCUT2D eigenvalue weighted by atomic mass is 16.5. The Balaban J connectivity index is 2.12. The molecule has 3 heteroatoms. The Morgan fingerprint density at radius 1 is 1.35 bits per heavy atom. The molecule has 0 bridgehead atoms. The van der Waals surface area contributed by atoms with E-state index in [-0.39, 0.29) is 17.5 Å². The summed E-state index contributed by atoms with van der Waals surface area (Å²) in [6, 6.07) is 5.42. The van der Waals surface area contributed by atoms with Crippen molar-refractivity contribution in [2.24, 2.45) is 5.92 Å². The van der Waals surface area contributed by atoms with Gasteiger partial charge in [-0.2, -0.15) is 0 Å². The van der Waals surface area contributed by atoms with E-state index in [1.807, 2.05) is 12.1 Å². The van der Waals surface area contributed by atoms with Crippen LogP contribution in [0, 0.1) is 5.92 Å². The van der Waals surface area contributed by atoms with Crippen molar-refractivity contribution in [3.05, 3.63) is 23.8 Å². The molecule has 17 heavy (non-hydrogen) atoms. The zero-order valence-electron chi connectivity index (χ0n) is 10.3. The third-order valence-electron chi connectivity index (χ3n) is 3.92. The first-order chi connectivity index (χ1) is 8.09. The number of hydrogen-bond donors (Lipinski definition) is 1. The molecule has 0 amide bonds. The second kappa shape index (κ2) is 3.64. The molecule has 2 aliphatic heterocycles. The number of ether oxygens (including phenoxy) is 2. The van der Waals surface area contributed by atoms with Gasteiger partial charge in [-0.15, -0.1) is 0 Å². The standard InChI is InChI=1S/C14H18O3/c1-14(2)9-5-4-8-16-13(9)12-10(15)6-3-7-11(12)17-14/h3,6-7,9,13,15H,4-5,8H2,1-2H3/t9-,13-/m1/s1. The zero-order valence-corrected chi connectivity index (χ0v) is 10.3. The predicted octanol–water partition coefficient (Wildman–Crippen LogP) is 3.03. The molecule has 3 rings (SSSR count). The second-order valence-corrected chi connectivity index (χ2v) is 5.43. The van der Waals surface area contributed by atoms with Crippen LogP contribution in [0.25, 0.3) is 0 Å². The van der Waals surface area contributed by atoms with Crippen molar-refractivity contribution in [3.8, 4) is 11.5 Å². The molecule has 1 saturated heterocycles. The van der Waals surface area contributed by atoms with Gasteiger partial charge in [0, 0.05) is 12.5 Å². The van der Waals surface area contributed by atoms with Crippen LogP contribution in [-0.4, -0.2) is 17.3 Å². The average Bonchev–Trinajstić information content (AvgIpc) is 2.28. The van der Waals surface area contributed by atoms with Crippen molar-refractivity contribution in [1.29, 1.82) is 0 Å². The van der Waals surface area contributed by atoms with Gasteiger partial charge < -0.3 is 14.6 Å². The predicted molar refractivity (Wildman–Crippen MR) is 64.2 cm³/mol. The van der Waals surface area contributed by atoms with Crippen LogP contribution < -0.4 is 4.74 Å². The Morgan fingerprint density at radius 3 is 3.00 bits per heavy atom. The van der Waals surface area contributed by atoms with Gasteiger partial charge in [-0.25, -0.2) is 0 Å². The van der Waals surface area contributed by atoms with Gasteiger partial charge in [0.05, 0.1) is 11.7 Å². The summed E-state index contributed by atoms with van der Waals surface area (Å²) < 4.78 is 11.9. The van der Waals surface area contributed by atoms with Gasteiger partial charge in [0.1, 0.15) is 17.1 Å². The van der Waals surface area contributed by atoms with E-state index in [4.69, 9.17) is 9.47 Å². The fourth-order valence-corrected chi connectivity index (χ4v) is 3.04. The van der Waals surface area contributed by atoms with Crippen molar-refractivity contribution in [1.82, 2.24) is 0 Å². The lowest BCUT2D eigenvalue weighted by atomic mass is 9.76. The smallest absolute Gasteiger partial charge is 0.129 e. The number of rotatable bonds is 0. The minimum absolute atomic E-state index is 0.0244. The van der Waals surface area contributed by atoms with Crippen LogP contribution in [0.3, 0.4) is 0 Å². The summed E-state index contributed by atoms with van der Waals surface area (Å²) in [6.45, 7) is 4.98. The number of phenolic OH excluding ortho intramolecular Hbond substituents is 1. The normalized spacial score (nSPS) is 30.0. The van der Waals surface area contributed by atoms with E-state index in [0.717, 1.165) is 30.8 Å². The summed E-state index contributed by atoms with van der Waals surface area (Å²) in [5, 5.41) is 10.0. The van der Waals surface area contributed by atoms with Gasteiger partial charge in [0.15, 0.2) is 0 Å². The summed E-state index contributed by atoms with van der Waals surface area (Å²) in [5.74, 6) is 1.37. The van der Waals surface area contributed by atoms with Crippen LogP contribution in [0.1, 0.15) is 38.4 Å². The molecule has 3 nitrogen and oxygen atoms in total. The molecule has 1 aromatic rings. The topological polar surface area (TPSA) is 38.7 Å². The molecule has 1 fully saturated rings. The molecule has 0 aliphatic carbocycles. The molecule has 0 radical (unpaired) electrons. The van der Waals surface area contributed by atoms with E-state index in [1.165, 1.54) is 0 Å². The van der Waals surface area contributed by atoms with Crippen molar-refractivity contribution >= 4 is 0 Å². The maximum atomic E-state index is 10.0. The average molecular weight is 234 g/mol. The molecule has 92 valence electrons. The summed E-state index contributed by atoms with van der Waals surface area (Å²) in [5.41, 5.74) is 0.600. The summed E-state index contributed by atoms with van der Waals surface area (Å²) in [4.78, 5) is 0. The van der Waals surface area contributed by atoms with E-state index >= 15 is 0 Å². The SMILES string of the molecule is CC1(C)Oc2cccc(O)c2[C@@H]2OCCC[C@H]21. The fraction of sp³-hybridized carbons (Fsp3) is 0.571. The van der Waals surface area contributed by atoms with E-state index < -0.39 is 0 Å². The monoisotopic (exact) mass is 234 g/mol. The third-order valence-corrected chi connectivity index (χ3v) is 3.92. The highest BCUT2D eigenvalue weighted by Crippen LogP contribution is 2.51. The van der Waals surface area contributed by atoms with Gasteiger partial charge in [-0.3, -0.25) is 0 Å². The van der Waals surface area contributed by atoms with Crippen molar-refractivity contribution < 1.29 is 14.6 Å². The molecule has 2 aliphatic rings. The van der Waals surface area contributed by atoms with Crippen LogP contribution in [0.2, 0.25) is 0 Å². The minimum atomic E-state index is -0.230. The van der Waals surface area contributed by atoms with Crippen molar-refractivity contribution in [2.45, 2.75) is 38.4 Å². The van der Waals surface area contributed by atoms with E-state index in [2.05, 4.69) is 13.8 Å². The Morgan fingerprint density at radius 2 is 2.18 bits per heavy atom. The number of benzene rings is 1. The maximum absolute atomic E-state index is 10.0. The highest BCUT2D eigenvalue weighted by molar-refractivity contribution is 5.48. The lowest BCUT2D eigenvalue weighted by Gasteiger charge is -2.46. The number of aromatic hydroxyl groups is 1. The Hall–Kier alpha value is -1.22. The minimum Gasteiger partial charge on any atom is -0.507 e. The van der Waals surface area contributed by atoms with Crippen LogP contribution in [-0.2, 0) is 4.74 Å². The molecule has 1 N–H and O–H groups in total. The molecule has 0 saturated carbocycles. The Labute approximate surface area is 101 Å². The van der Waals surface area contributed by atoms with Crippen LogP contribution in [0.4, 0.5) is 0 Å². The van der Waals surface area contributed by atoms with Crippen LogP contribution in [0.5, 0.6) is 11.5 Å². The number of hydrogen-bond acceptors (Lipinski definition) is 3. The first kappa shape index (κ1) is 10.9. The summed E-state index contributed by atoms with van der Waals surface area (Å²) in [7, 11) is 0. The number of fused-ring (bicyclic) bond motifs is 3. The molecule has 0 aromatic heterocycles. The van der Waals surface area contributed by atoms with E-state index in [0.29, 0.717) is 5.92 Å². The third kappa shape index (κ3) is 1.61. The molecular formula is C14H18O3. The summed E-state index contributed by atoms with van der Waals surface area (Å²) in [6.07, 6.45) is 2.13. The number of phenols is 1. The quantitative estimate of drug-likeness (QED) is 0.750. The van der Waals surface area contributed by atoms with Crippen LogP contribution in [0.15, 0.2) is 18.2 Å². The van der Waals surface area contributed by atoms with Gasteiger partial charge >= 0.3 is 0 Å². The van der Waals surface area contributed by atoms with Gasteiger partial charge in [0.25, 0.3) is 0 Å². The van der Waals surface area contributed by atoms with Crippen LogP contribution >= 0.6 is 0 Å². The first-order valence-electron chi connectivity index (χ1n) is 6.22. The second-order valence-electron chi connectivity index (χ2n) is 5.43. The Bertz CT molecular complexity index is 439. The van der Waals surface area contributed by atoms with E-state index in [1.54, 1.807) is 6.07 Å².